The summed E-state index contributed by atoms with van der Waals surface area (Å²) in [6.45, 7) is 4.15. The number of hydrogen-bond donors (Lipinski definition) is 1. The Kier molecular flexibility index (Phi) is 5.39. The Bertz CT molecular complexity index is 481. The average Bonchev–Trinajstić information content (AvgIpc) is 2.93. The van der Waals surface area contributed by atoms with Gasteiger partial charge in [0.15, 0.2) is 0 Å². The van der Waals surface area contributed by atoms with Crippen LogP contribution in [0.1, 0.15) is 24.3 Å². The summed E-state index contributed by atoms with van der Waals surface area (Å²) in [5, 5.41) is 3.43. The van der Waals surface area contributed by atoms with Crippen molar-refractivity contribution in [1.82, 2.24) is 10.2 Å². The molecule has 3 nitrogen and oxygen atoms in total. The maximum atomic E-state index is 5.40. The lowest BCUT2D eigenvalue weighted by molar-refractivity contribution is 0.230. The molecule has 2 rings (SSSR count). The number of furan rings is 1. The molecule has 1 aromatic heterocycles. The standard InChI is InChI=1S/C17H24N2O/c1-14(12-19(3)13-16-10-7-11-20-16)17(18-2)15-8-5-4-6-9-15/h4-11,14,17-18H,12-13H2,1-3H3. The zero-order valence-corrected chi connectivity index (χ0v) is 12.5. The fourth-order valence-corrected chi connectivity index (χ4v) is 2.77. The molecule has 108 valence electrons. The quantitative estimate of drug-likeness (QED) is 0.838. The van der Waals surface area contributed by atoms with E-state index in [4.69, 9.17) is 4.42 Å². The van der Waals surface area contributed by atoms with Crippen molar-refractivity contribution in [3.8, 4) is 0 Å². The molecule has 0 aliphatic carbocycles. The second kappa shape index (κ2) is 7.27. The number of benzene rings is 1. The van der Waals surface area contributed by atoms with Crippen molar-refractivity contribution in [3.63, 3.8) is 0 Å². The van der Waals surface area contributed by atoms with Gasteiger partial charge in [-0.3, -0.25) is 4.90 Å². The lowest BCUT2D eigenvalue weighted by Gasteiger charge is -2.28. The fraction of sp³-hybridized carbons (Fsp3) is 0.412. The second-order valence-electron chi connectivity index (χ2n) is 5.43. The molecule has 20 heavy (non-hydrogen) atoms. The molecule has 2 aromatic rings. The molecule has 0 aliphatic heterocycles. The highest BCUT2D eigenvalue weighted by atomic mass is 16.3. The Morgan fingerprint density at radius 3 is 2.50 bits per heavy atom. The van der Waals surface area contributed by atoms with Crippen molar-refractivity contribution in [2.24, 2.45) is 5.92 Å². The Morgan fingerprint density at radius 2 is 1.90 bits per heavy atom. The van der Waals surface area contributed by atoms with E-state index < -0.39 is 0 Å². The number of hydrogen-bond acceptors (Lipinski definition) is 3. The summed E-state index contributed by atoms with van der Waals surface area (Å²) in [4.78, 5) is 2.30. The zero-order valence-electron chi connectivity index (χ0n) is 12.5. The van der Waals surface area contributed by atoms with Crippen LogP contribution in [0.25, 0.3) is 0 Å². The summed E-state index contributed by atoms with van der Waals surface area (Å²) in [6, 6.07) is 15.0. The Labute approximate surface area is 121 Å². The van der Waals surface area contributed by atoms with Crippen molar-refractivity contribution >= 4 is 0 Å². The minimum atomic E-state index is 0.371. The molecule has 0 fully saturated rings. The van der Waals surface area contributed by atoms with E-state index in [2.05, 4.69) is 54.5 Å². The van der Waals surface area contributed by atoms with Crippen molar-refractivity contribution in [2.75, 3.05) is 20.6 Å². The van der Waals surface area contributed by atoms with Gasteiger partial charge in [-0.2, -0.15) is 0 Å². The van der Waals surface area contributed by atoms with Gasteiger partial charge in [0.2, 0.25) is 0 Å². The average molecular weight is 272 g/mol. The van der Waals surface area contributed by atoms with Gasteiger partial charge in [-0.1, -0.05) is 37.3 Å². The van der Waals surface area contributed by atoms with Gasteiger partial charge in [0.25, 0.3) is 0 Å². The zero-order chi connectivity index (χ0) is 14.4. The van der Waals surface area contributed by atoms with Gasteiger partial charge < -0.3 is 9.73 Å². The molecule has 3 heteroatoms. The molecule has 0 saturated carbocycles. The minimum Gasteiger partial charge on any atom is -0.468 e. The molecular weight excluding hydrogens is 248 g/mol. The number of nitrogens with one attached hydrogen (secondary N) is 1. The van der Waals surface area contributed by atoms with Crippen LogP contribution >= 0.6 is 0 Å². The van der Waals surface area contributed by atoms with Crippen molar-refractivity contribution in [1.29, 1.82) is 0 Å². The monoisotopic (exact) mass is 272 g/mol. The third-order valence-electron chi connectivity index (χ3n) is 3.64. The highest BCUT2D eigenvalue weighted by molar-refractivity contribution is 5.19. The molecule has 0 radical (unpaired) electrons. The molecular formula is C17H24N2O. The molecule has 0 bridgehead atoms. The summed E-state index contributed by atoms with van der Waals surface area (Å²) in [5.74, 6) is 1.53. The molecule has 0 spiro atoms. The molecule has 0 aliphatic rings. The van der Waals surface area contributed by atoms with E-state index in [1.54, 1.807) is 6.26 Å². The van der Waals surface area contributed by atoms with E-state index in [1.807, 2.05) is 19.2 Å². The van der Waals surface area contributed by atoms with E-state index in [9.17, 15) is 0 Å². The molecule has 2 unspecified atom stereocenters. The third kappa shape index (κ3) is 3.95. The highest BCUT2D eigenvalue weighted by Gasteiger charge is 2.19. The summed E-state index contributed by atoms with van der Waals surface area (Å²) < 4.78 is 5.40. The summed E-state index contributed by atoms with van der Waals surface area (Å²) in [7, 11) is 4.16. The van der Waals surface area contributed by atoms with Crippen LogP contribution in [0.15, 0.2) is 53.1 Å². The van der Waals surface area contributed by atoms with Crippen molar-refractivity contribution < 1.29 is 4.42 Å². The summed E-state index contributed by atoms with van der Waals surface area (Å²) in [6.07, 6.45) is 1.73. The molecule has 0 amide bonds. The highest BCUT2D eigenvalue weighted by Crippen LogP contribution is 2.22. The van der Waals surface area contributed by atoms with Crippen LogP contribution in [0.5, 0.6) is 0 Å². The molecule has 1 N–H and O–H groups in total. The van der Waals surface area contributed by atoms with Gasteiger partial charge in [0.1, 0.15) is 5.76 Å². The minimum absolute atomic E-state index is 0.371. The van der Waals surface area contributed by atoms with Crippen LogP contribution in [0, 0.1) is 5.92 Å². The molecule has 2 atom stereocenters. The lowest BCUT2D eigenvalue weighted by atomic mass is 9.94. The SMILES string of the molecule is CNC(c1ccccc1)C(C)CN(C)Cc1ccco1. The topological polar surface area (TPSA) is 28.4 Å². The largest absolute Gasteiger partial charge is 0.468 e. The van der Waals surface area contributed by atoms with Crippen LogP contribution in [-0.2, 0) is 6.54 Å². The Hall–Kier alpha value is -1.58. The van der Waals surface area contributed by atoms with Gasteiger partial charge in [0.05, 0.1) is 12.8 Å². The molecule has 0 saturated heterocycles. The predicted molar refractivity (Wildman–Crippen MR) is 82.4 cm³/mol. The maximum Gasteiger partial charge on any atom is 0.117 e. The third-order valence-corrected chi connectivity index (χ3v) is 3.64. The van der Waals surface area contributed by atoms with Gasteiger partial charge in [-0.25, -0.2) is 0 Å². The van der Waals surface area contributed by atoms with Gasteiger partial charge in [-0.05, 0) is 37.7 Å². The second-order valence-corrected chi connectivity index (χ2v) is 5.43. The Morgan fingerprint density at radius 1 is 1.15 bits per heavy atom. The van der Waals surface area contributed by atoms with E-state index in [0.29, 0.717) is 12.0 Å². The van der Waals surface area contributed by atoms with E-state index in [1.165, 1.54) is 5.56 Å². The van der Waals surface area contributed by atoms with Crippen LogP contribution in [-0.4, -0.2) is 25.5 Å². The van der Waals surface area contributed by atoms with Gasteiger partial charge >= 0.3 is 0 Å². The first kappa shape index (κ1) is 14.8. The van der Waals surface area contributed by atoms with E-state index >= 15 is 0 Å². The predicted octanol–water partition coefficient (Wildman–Crippen LogP) is 3.31. The summed E-state index contributed by atoms with van der Waals surface area (Å²) in [5.41, 5.74) is 1.34. The van der Waals surface area contributed by atoms with Crippen LogP contribution < -0.4 is 5.32 Å². The fourth-order valence-electron chi connectivity index (χ4n) is 2.77. The molecule has 1 heterocycles. The first-order chi connectivity index (χ1) is 9.70. The van der Waals surface area contributed by atoms with Gasteiger partial charge in [-0.15, -0.1) is 0 Å². The smallest absolute Gasteiger partial charge is 0.117 e. The van der Waals surface area contributed by atoms with Crippen molar-refractivity contribution in [3.05, 3.63) is 60.1 Å². The number of rotatable bonds is 7. The Balaban J connectivity index is 1.93. The van der Waals surface area contributed by atoms with Crippen LogP contribution in [0.4, 0.5) is 0 Å². The van der Waals surface area contributed by atoms with Crippen LogP contribution in [0.2, 0.25) is 0 Å². The maximum absolute atomic E-state index is 5.40. The van der Waals surface area contributed by atoms with E-state index in [0.717, 1.165) is 18.8 Å². The lowest BCUT2D eigenvalue weighted by Crippen LogP contribution is -2.32. The molecule has 1 aromatic carbocycles. The first-order valence-electron chi connectivity index (χ1n) is 7.14. The summed E-state index contributed by atoms with van der Waals surface area (Å²) >= 11 is 0. The normalized spacial score (nSPS) is 14.4. The van der Waals surface area contributed by atoms with E-state index in [-0.39, 0.29) is 0 Å². The van der Waals surface area contributed by atoms with Gasteiger partial charge in [0, 0.05) is 12.6 Å². The number of nitrogens with zero attached hydrogens (tertiary/aromatic N) is 1. The van der Waals surface area contributed by atoms with Crippen molar-refractivity contribution in [2.45, 2.75) is 19.5 Å². The van der Waals surface area contributed by atoms with Crippen LogP contribution in [0.3, 0.4) is 0 Å². The first-order valence-corrected chi connectivity index (χ1v) is 7.14.